The largest absolute Gasteiger partial charge is 0.466 e. The molecule has 1 atom stereocenters. The molecule has 0 aliphatic carbocycles. The zero-order chi connectivity index (χ0) is 18.7. The van der Waals surface area contributed by atoms with Crippen molar-refractivity contribution in [1.82, 2.24) is 20.8 Å². The van der Waals surface area contributed by atoms with E-state index in [1.165, 1.54) is 30.2 Å². The highest BCUT2D eigenvalue weighted by Crippen LogP contribution is 2.31. The number of nitrogens with zero attached hydrogens (tertiary/aromatic N) is 2. The van der Waals surface area contributed by atoms with Crippen LogP contribution in [0, 0.1) is 6.92 Å². The monoisotopic (exact) mass is 391 g/mol. The number of urea groups is 1. The number of hydrogen-bond donors (Lipinski definition) is 3. The van der Waals surface area contributed by atoms with Crippen LogP contribution in [0.4, 0.5) is 9.93 Å². The Balaban J connectivity index is 1.95. The molecule has 8 nitrogen and oxygen atoms in total. The number of ether oxygens (including phenoxy) is 1. The Bertz CT molecular complexity index is 863. The second-order valence-electron chi connectivity index (χ2n) is 5.52. The molecule has 1 aliphatic rings. The SMILES string of the molecule is COC(=O)C1=C(CSc2nnc(N)s2)NC(=O)N[C@@H]1c1ccc(C)cc1. The summed E-state index contributed by atoms with van der Waals surface area (Å²) >= 11 is 2.58. The first-order valence-corrected chi connectivity index (χ1v) is 9.45. The Morgan fingerprint density at radius 1 is 1.35 bits per heavy atom. The van der Waals surface area contributed by atoms with Gasteiger partial charge in [0.15, 0.2) is 4.34 Å². The van der Waals surface area contributed by atoms with Crippen LogP contribution in [0.3, 0.4) is 0 Å². The third-order valence-electron chi connectivity index (χ3n) is 3.73. The summed E-state index contributed by atoms with van der Waals surface area (Å²) in [4.78, 5) is 24.6. The minimum Gasteiger partial charge on any atom is -0.466 e. The highest BCUT2D eigenvalue weighted by molar-refractivity contribution is 8.01. The number of aromatic nitrogens is 2. The summed E-state index contributed by atoms with van der Waals surface area (Å²) in [5.74, 6) is -0.176. The Morgan fingerprint density at radius 3 is 2.69 bits per heavy atom. The van der Waals surface area contributed by atoms with E-state index in [0.29, 0.717) is 26.5 Å². The molecule has 1 aromatic carbocycles. The summed E-state index contributed by atoms with van der Waals surface area (Å²) < 4.78 is 5.60. The van der Waals surface area contributed by atoms with E-state index in [2.05, 4.69) is 20.8 Å². The number of amides is 2. The number of methoxy groups -OCH3 is 1. The average Bonchev–Trinajstić information content (AvgIpc) is 3.05. The Morgan fingerprint density at radius 2 is 2.08 bits per heavy atom. The summed E-state index contributed by atoms with van der Waals surface area (Å²) in [5.41, 5.74) is 8.31. The van der Waals surface area contributed by atoms with Gasteiger partial charge in [0, 0.05) is 11.4 Å². The summed E-state index contributed by atoms with van der Waals surface area (Å²) in [6.45, 7) is 1.97. The van der Waals surface area contributed by atoms with Crippen LogP contribution in [-0.4, -0.2) is 35.1 Å². The van der Waals surface area contributed by atoms with Crippen LogP contribution in [0.2, 0.25) is 0 Å². The average molecular weight is 391 g/mol. The van der Waals surface area contributed by atoms with Crippen molar-refractivity contribution in [1.29, 1.82) is 0 Å². The molecule has 10 heteroatoms. The van der Waals surface area contributed by atoms with E-state index < -0.39 is 12.0 Å². The first-order valence-electron chi connectivity index (χ1n) is 7.65. The van der Waals surface area contributed by atoms with Gasteiger partial charge in [0.05, 0.1) is 18.7 Å². The number of hydrogen-bond acceptors (Lipinski definition) is 8. The number of carbonyl (C=O) groups excluding carboxylic acids is 2. The fourth-order valence-electron chi connectivity index (χ4n) is 2.50. The predicted octanol–water partition coefficient (Wildman–Crippen LogP) is 2.00. The van der Waals surface area contributed by atoms with Crippen molar-refractivity contribution in [2.24, 2.45) is 0 Å². The number of aryl methyl sites for hydroxylation is 1. The van der Waals surface area contributed by atoms with Gasteiger partial charge in [-0.05, 0) is 12.5 Å². The molecular formula is C16H17N5O3S2. The van der Waals surface area contributed by atoms with Gasteiger partial charge in [-0.1, -0.05) is 52.9 Å². The topological polar surface area (TPSA) is 119 Å². The Labute approximate surface area is 158 Å². The van der Waals surface area contributed by atoms with Crippen molar-refractivity contribution in [2.45, 2.75) is 17.3 Å². The van der Waals surface area contributed by atoms with Gasteiger partial charge in [-0.25, -0.2) is 9.59 Å². The number of rotatable bonds is 5. The molecule has 0 bridgehead atoms. The molecule has 1 aliphatic heterocycles. The van der Waals surface area contributed by atoms with Gasteiger partial charge in [-0.15, -0.1) is 10.2 Å². The lowest BCUT2D eigenvalue weighted by molar-refractivity contribution is -0.136. The lowest BCUT2D eigenvalue weighted by Crippen LogP contribution is -2.46. The number of anilines is 1. The van der Waals surface area contributed by atoms with Crippen molar-refractivity contribution in [3.63, 3.8) is 0 Å². The molecule has 26 heavy (non-hydrogen) atoms. The first-order chi connectivity index (χ1) is 12.5. The van der Waals surface area contributed by atoms with Gasteiger partial charge in [0.2, 0.25) is 5.13 Å². The molecule has 4 N–H and O–H groups in total. The number of benzene rings is 1. The highest BCUT2D eigenvalue weighted by Gasteiger charge is 2.33. The van der Waals surface area contributed by atoms with E-state index in [0.717, 1.165) is 11.1 Å². The molecule has 3 rings (SSSR count). The summed E-state index contributed by atoms with van der Waals surface area (Å²) in [5, 5.41) is 13.5. The van der Waals surface area contributed by atoms with Crippen LogP contribution in [-0.2, 0) is 9.53 Å². The zero-order valence-electron chi connectivity index (χ0n) is 14.1. The molecule has 0 radical (unpaired) electrons. The van der Waals surface area contributed by atoms with Gasteiger partial charge in [0.25, 0.3) is 0 Å². The number of carbonyl (C=O) groups is 2. The van der Waals surface area contributed by atoms with E-state index in [-0.39, 0.29) is 6.03 Å². The number of nitrogens with two attached hydrogens (primary N) is 1. The molecule has 0 saturated carbocycles. The second kappa shape index (κ2) is 7.75. The molecule has 1 aromatic heterocycles. The molecule has 0 fully saturated rings. The van der Waals surface area contributed by atoms with Crippen molar-refractivity contribution >= 4 is 40.2 Å². The van der Waals surface area contributed by atoms with E-state index in [4.69, 9.17) is 10.5 Å². The number of nitrogen functional groups attached to an aromatic ring is 1. The molecule has 136 valence electrons. The van der Waals surface area contributed by atoms with Crippen molar-refractivity contribution in [2.75, 3.05) is 18.6 Å². The van der Waals surface area contributed by atoms with Gasteiger partial charge in [-0.3, -0.25) is 0 Å². The maximum absolute atomic E-state index is 12.4. The van der Waals surface area contributed by atoms with Gasteiger partial charge in [0.1, 0.15) is 0 Å². The smallest absolute Gasteiger partial charge is 0.338 e. The normalized spacial score (nSPS) is 16.8. The molecule has 2 amide bonds. The first kappa shape index (κ1) is 18.2. The molecule has 0 saturated heterocycles. The van der Waals surface area contributed by atoms with E-state index in [9.17, 15) is 9.59 Å². The summed E-state index contributed by atoms with van der Waals surface area (Å²) in [6, 6.07) is 6.64. The Kier molecular flexibility index (Phi) is 5.43. The minimum atomic E-state index is -0.591. The van der Waals surface area contributed by atoms with Crippen LogP contribution in [0.5, 0.6) is 0 Å². The quantitative estimate of drug-likeness (QED) is 0.527. The van der Waals surface area contributed by atoms with E-state index >= 15 is 0 Å². The molecule has 0 spiro atoms. The maximum atomic E-state index is 12.4. The van der Waals surface area contributed by atoms with Crippen LogP contribution < -0.4 is 16.4 Å². The molecule has 2 aromatic rings. The molecule has 0 unspecified atom stereocenters. The Hall–Kier alpha value is -2.59. The fraction of sp³-hybridized carbons (Fsp3) is 0.250. The van der Waals surface area contributed by atoms with E-state index in [1.54, 1.807) is 0 Å². The van der Waals surface area contributed by atoms with Gasteiger partial charge in [-0.2, -0.15) is 0 Å². The lowest BCUT2D eigenvalue weighted by atomic mass is 9.95. The third kappa shape index (κ3) is 3.97. The van der Waals surface area contributed by atoms with Gasteiger partial charge >= 0.3 is 12.0 Å². The van der Waals surface area contributed by atoms with Crippen molar-refractivity contribution in [3.8, 4) is 0 Å². The van der Waals surface area contributed by atoms with Crippen LogP contribution in [0.25, 0.3) is 0 Å². The molecular weight excluding hydrogens is 374 g/mol. The van der Waals surface area contributed by atoms with Gasteiger partial charge < -0.3 is 21.1 Å². The maximum Gasteiger partial charge on any atom is 0.338 e. The lowest BCUT2D eigenvalue weighted by Gasteiger charge is -2.29. The number of nitrogens with one attached hydrogen (secondary N) is 2. The summed E-state index contributed by atoms with van der Waals surface area (Å²) in [7, 11) is 1.31. The van der Waals surface area contributed by atoms with E-state index in [1.807, 2.05) is 31.2 Å². The third-order valence-corrected chi connectivity index (χ3v) is 5.64. The predicted molar refractivity (Wildman–Crippen MR) is 99.7 cm³/mol. The molecule has 2 heterocycles. The number of esters is 1. The van der Waals surface area contributed by atoms with Crippen LogP contribution in [0.1, 0.15) is 17.2 Å². The van der Waals surface area contributed by atoms with Crippen molar-refractivity contribution in [3.05, 3.63) is 46.7 Å². The summed E-state index contributed by atoms with van der Waals surface area (Å²) in [6.07, 6.45) is 0. The van der Waals surface area contributed by atoms with Crippen molar-refractivity contribution < 1.29 is 14.3 Å². The zero-order valence-corrected chi connectivity index (χ0v) is 15.7. The second-order valence-corrected chi connectivity index (χ2v) is 7.75. The fourth-order valence-corrected chi connectivity index (χ4v) is 4.11. The van der Waals surface area contributed by atoms with Crippen LogP contribution in [0.15, 0.2) is 39.9 Å². The van der Waals surface area contributed by atoms with Crippen LogP contribution >= 0.6 is 23.1 Å². The minimum absolute atomic E-state index is 0.328. The number of thioether (sulfide) groups is 1. The highest BCUT2D eigenvalue weighted by atomic mass is 32.2. The standard InChI is InChI=1S/C16H17N5O3S2/c1-8-3-5-9(6-4-8)12-11(13(22)24-2)10(18-15(23)19-12)7-25-16-21-20-14(17)26-16/h3-6,12H,7H2,1-2H3,(H2,17,20)(H2,18,19,23)/t12-/m1/s1.